The summed E-state index contributed by atoms with van der Waals surface area (Å²) in [6.45, 7) is 3.10. The van der Waals surface area contributed by atoms with E-state index in [1.54, 1.807) is 6.07 Å². The lowest BCUT2D eigenvalue weighted by Crippen LogP contribution is -2.36. The number of anilines is 1. The van der Waals surface area contributed by atoms with Gasteiger partial charge in [0.15, 0.2) is 5.75 Å². The lowest BCUT2D eigenvalue weighted by atomic mass is 10.0. The van der Waals surface area contributed by atoms with Gasteiger partial charge in [-0.3, -0.25) is 4.98 Å². The van der Waals surface area contributed by atoms with Gasteiger partial charge in [-0.2, -0.15) is 5.26 Å². The van der Waals surface area contributed by atoms with Crippen LogP contribution in [0.4, 0.5) is 5.82 Å². The zero-order valence-corrected chi connectivity index (χ0v) is 21.1. The molecule has 4 aromatic rings. The molecule has 0 N–H and O–H groups in total. The molecule has 1 aliphatic carbocycles. The summed E-state index contributed by atoms with van der Waals surface area (Å²) in [7, 11) is 0. The maximum Gasteiger partial charge on any atom is 0.151 e. The van der Waals surface area contributed by atoms with Gasteiger partial charge in [0.2, 0.25) is 0 Å². The van der Waals surface area contributed by atoms with Gasteiger partial charge < -0.3 is 19.1 Å². The zero-order chi connectivity index (χ0) is 24.5. The molecule has 1 aromatic heterocycles. The Kier molecular flexibility index (Phi) is 6.18. The van der Waals surface area contributed by atoms with E-state index in [1.807, 2.05) is 42.6 Å². The van der Waals surface area contributed by atoms with Gasteiger partial charge in [0.1, 0.15) is 23.4 Å². The Labute approximate surface area is 217 Å². The van der Waals surface area contributed by atoms with Gasteiger partial charge in [-0.1, -0.05) is 18.2 Å². The molecule has 1 saturated heterocycles. The monoisotopic (exact) mass is 542 g/mol. The van der Waals surface area contributed by atoms with Gasteiger partial charge in [0, 0.05) is 19.2 Å². The lowest BCUT2D eigenvalue weighted by molar-refractivity contribution is 0.122. The molecule has 0 spiro atoms. The molecule has 3 aromatic carbocycles. The van der Waals surface area contributed by atoms with Crippen LogP contribution >= 0.6 is 15.9 Å². The number of halogens is 1. The summed E-state index contributed by atoms with van der Waals surface area (Å²) in [6, 6.07) is 19.7. The summed E-state index contributed by atoms with van der Waals surface area (Å²) in [5, 5.41) is 9.56. The first kappa shape index (κ1) is 22.8. The predicted molar refractivity (Wildman–Crippen MR) is 141 cm³/mol. The van der Waals surface area contributed by atoms with Crippen LogP contribution in [0.2, 0.25) is 0 Å². The van der Waals surface area contributed by atoms with Gasteiger partial charge in [0.25, 0.3) is 0 Å². The molecule has 0 radical (unpaired) electrons. The van der Waals surface area contributed by atoms with Crippen molar-refractivity contribution in [1.29, 1.82) is 5.26 Å². The summed E-state index contributed by atoms with van der Waals surface area (Å²) in [5.41, 5.74) is 4.29. The molecule has 180 valence electrons. The minimum atomic E-state index is 0.209. The third-order valence-corrected chi connectivity index (χ3v) is 6.82. The number of hydrogen-bond donors (Lipinski definition) is 0. The van der Waals surface area contributed by atoms with Crippen LogP contribution in [0.3, 0.4) is 0 Å². The Hall–Kier alpha value is -3.67. The van der Waals surface area contributed by atoms with Crippen molar-refractivity contribution in [3.63, 3.8) is 0 Å². The van der Waals surface area contributed by atoms with E-state index in [9.17, 15) is 5.26 Å². The van der Waals surface area contributed by atoms with Gasteiger partial charge in [0.05, 0.1) is 46.6 Å². The van der Waals surface area contributed by atoms with Crippen LogP contribution in [0.1, 0.15) is 18.4 Å². The van der Waals surface area contributed by atoms with Crippen molar-refractivity contribution in [3.05, 3.63) is 70.8 Å². The van der Waals surface area contributed by atoms with E-state index < -0.39 is 0 Å². The van der Waals surface area contributed by atoms with Crippen molar-refractivity contribution in [2.45, 2.75) is 18.9 Å². The number of rotatable bonds is 6. The molecule has 1 saturated carbocycles. The highest BCUT2D eigenvalue weighted by atomic mass is 79.9. The van der Waals surface area contributed by atoms with Crippen LogP contribution in [-0.4, -0.2) is 42.4 Å². The predicted octanol–water partition coefficient (Wildman–Crippen LogP) is 6.10. The smallest absolute Gasteiger partial charge is 0.151 e. The van der Waals surface area contributed by atoms with E-state index in [0.717, 1.165) is 67.1 Å². The largest absolute Gasteiger partial charge is 0.488 e. The Morgan fingerprint density at radius 2 is 1.72 bits per heavy atom. The van der Waals surface area contributed by atoms with Crippen LogP contribution in [0.5, 0.6) is 17.2 Å². The number of morpholine rings is 1. The molecule has 0 atom stereocenters. The average Bonchev–Trinajstić information content (AvgIpc) is 3.75. The van der Waals surface area contributed by atoms with Crippen LogP contribution in [0, 0.1) is 11.3 Å². The minimum absolute atomic E-state index is 0.209. The maximum atomic E-state index is 9.56. The van der Waals surface area contributed by atoms with Crippen molar-refractivity contribution < 1.29 is 14.2 Å². The van der Waals surface area contributed by atoms with Crippen molar-refractivity contribution in [3.8, 4) is 34.4 Å². The van der Waals surface area contributed by atoms with Crippen LogP contribution < -0.4 is 14.4 Å². The van der Waals surface area contributed by atoms with E-state index in [-0.39, 0.29) is 6.10 Å². The molecule has 1 aliphatic heterocycles. The Morgan fingerprint density at radius 1 is 0.944 bits per heavy atom. The Morgan fingerprint density at radius 3 is 2.47 bits per heavy atom. The number of benzene rings is 3. The molecule has 7 nitrogen and oxygen atoms in total. The minimum Gasteiger partial charge on any atom is -0.488 e. The zero-order valence-electron chi connectivity index (χ0n) is 19.5. The second kappa shape index (κ2) is 9.76. The van der Waals surface area contributed by atoms with Gasteiger partial charge in [-0.25, -0.2) is 4.98 Å². The normalized spacial score (nSPS) is 15.5. The number of ether oxygens (including phenoxy) is 3. The average molecular weight is 543 g/mol. The molecular formula is C28H23BrN4O3. The molecule has 2 heterocycles. The maximum absolute atomic E-state index is 9.56. The number of aromatic nitrogens is 2. The Balaban J connectivity index is 1.19. The molecule has 0 unspecified atom stereocenters. The molecule has 2 aliphatic rings. The molecule has 36 heavy (non-hydrogen) atoms. The third-order valence-electron chi connectivity index (χ3n) is 6.23. The SMILES string of the molecule is N#Cc1cc(Oc2ccc(-c3ccc4nc(N5CCOCC5)cnc4c3)cc2)cc(Br)c1OC1CC1. The Bertz CT molecular complexity index is 1460. The fourth-order valence-corrected chi connectivity index (χ4v) is 4.69. The van der Waals surface area contributed by atoms with E-state index in [0.29, 0.717) is 27.3 Å². The van der Waals surface area contributed by atoms with E-state index >= 15 is 0 Å². The summed E-state index contributed by atoms with van der Waals surface area (Å²) >= 11 is 3.52. The van der Waals surface area contributed by atoms with Crippen LogP contribution in [0.25, 0.3) is 22.2 Å². The molecular weight excluding hydrogens is 520 g/mol. The molecule has 2 fully saturated rings. The van der Waals surface area contributed by atoms with Crippen LogP contribution in [-0.2, 0) is 4.74 Å². The fraction of sp³-hybridized carbons (Fsp3) is 0.250. The van der Waals surface area contributed by atoms with Gasteiger partial charge in [-0.15, -0.1) is 0 Å². The third kappa shape index (κ3) is 4.85. The second-order valence-corrected chi connectivity index (χ2v) is 9.72. The highest BCUT2D eigenvalue weighted by Crippen LogP contribution is 2.39. The highest BCUT2D eigenvalue weighted by Gasteiger charge is 2.26. The number of nitriles is 1. The molecule has 0 amide bonds. The second-order valence-electron chi connectivity index (χ2n) is 8.87. The summed E-state index contributed by atoms with van der Waals surface area (Å²) < 4.78 is 18.1. The highest BCUT2D eigenvalue weighted by molar-refractivity contribution is 9.10. The van der Waals surface area contributed by atoms with Gasteiger partial charge in [-0.05, 0) is 70.2 Å². The molecule has 8 heteroatoms. The first-order valence-electron chi connectivity index (χ1n) is 11.9. The van der Waals surface area contributed by atoms with Crippen molar-refractivity contribution >= 4 is 32.8 Å². The van der Waals surface area contributed by atoms with Crippen molar-refractivity contribution in [2.75, 3.05) is 31.2 Å². The number of nitrogens with zero attached hydrogens (tertiary/aromatic N) is 4. The summed E-state index contributed by atoms with van der Waals surface area (Å²) in [5.74, 6) is 2.73. The van der Waals surface area contributed by atoms with E-state index in [4.69, 9.17) is 19.2 Å². The van der Waals surface area contributed by atoms with Gasteiger partial charge >= 0.3 is 0 Å². The van der Waals surface area contributed by atoms with E-state index in [1.165, 1.54) is 0 Å². The molecule has 0 bridgehead atoms. The van der Waals surface area contributed by atoms with Crippen molar-refractivity contribution in [2.24, 2.45) is 0 Å². The quantitative estimate of drug-likeness (QED) is 0.291. The fourth-order valence-electron chi connectivity index (χ4n) is 4.16. The van der Waals surface area contributed by atoms with Crippen molar-refractivity contribution in [1.82, 2.24) is 9.97 Å². The first-order valence-corrected chi connectivity index (χ1v) is 12.7. The van der Waals surface area contributed by atoms with E-state index in [2.05, 4.69) is 44.0 Å². The topological polar surface area (TPSA) is 80.5 Å². The summed E-state index contributed by atoms with van der Waals surface area (Å²) in [4.78, 5) is 11.7. The summed E-state index contributed by atoms with van der Waals surface area (Å²) in [6.07, 6.45) is 4.10. The number of hydrogen-bond acceptors (Lipinski definition) is 7. The lowest BCUT2D eigenvalue weighted by Gasteiger charge is -2.27. The first-order chi connectivity index (χ1) is 17.7. The number of fused-ring (bicyclic) bond motifs is 1. The van der Waals surface area contributed by atoms with Crippen LogP contribution in [0.15, 0.2) is 65.3 Å². The standard InChI is InChI=1S/C28H23BrN4O3/c29-24-15-23(13-20(16-30)28(24)36-22-6-7-22)35-21-4-1-18(2-5-21)19-3-8-25-26(14-19)31-17-27(32-25)33-9-11-34-12-10-33/h1-5,8,13-15,17,22H,6-7,9-12H2. The molecule has 6 rings (SSSR count).